The lowest BCUT2D eigenvalue weighted by atomic mass is 9.85. The standard InChI is InChI=1S/C19H31N5O2/c1-5-23-17(25)19(24(18(23)26)9-6-14(2)3)7-10-22(11-8-19)12-16-15(4)20-13-21-16/h13-14H,5-12H2,1-4H3,(H,20,21). The van der Waals surface area contributed by atoms with Crippen molar-refractivity contribution in [1.82, 2.24) is 24.7 Å². The van der Waals surface area contributed by atoms with Gasteiger partial charge in [0.05, 0.1) is 12.0 Å². The van der Waals surface area contributed by atoms with Crippen LogP contribution in [0, 0.1) is 12.8 Å². The third-order valence-corrected chi connectivity index (χ3v) is 5.86. The summed E-state index contributed by atoms with van der Waals surface area (Å²) in [5, 5.41) is 0. The Kier molecular flexibility index (Phi) is 5.37. The van der Waals surface area contributed by atoms with Crippen LogP contribution in [0.5, 0.6) is 0 Å². The van der Waals surface area contributed by atoms with Gasteiger partial charge in [-0.15, -0.1) is 0 Å². The fraction of sp³-hybridized carbons (Fsp3) is 0.737. The van der Waals surface area contributed by atoms with Gasteiger partial charge in [0.15, 0.2) is 0 Å². The van der Waals surface area contributed by atoms with Crippen LogP contribution >= 0.6 is 0 Å². The molecule has 1 aromatic heterocycles. The van der Waals surface area contributed by atoms with Crippen molar-refractivity contribution in [3.05, 3.63) is 17.7 Å². The monoisotopic (exact) mass is 361 g/mol. The Labute approximate surface area is 155 Å². The van der Waals surface area contributed by atoms with Gasteiger partial charge in [-0.1, -0.05) is 13.8 Å². The van der Waals surface area contributed by atoms with Crippen molar-refractivity contribution in [2.75, 3.05) is 26.2 Å². The van der Waals surface area contributed by atoms with Crippen molar-refractivity contribution < 1.29 is 9.59 Å². The Morgan fingerprint density at radius 2 is 1.96 bits per heavy atom. The molecule has 0 aromatic carbocycles. The first-order valence-electron chi connectivity index (χ1n) is 9.74. The molecule has 1 N–H and O–H groups in total. The number of aromatic amines is 1. The van der Waals surface area contributed by atoms with Gasteiger partial charge in [-0.25, -0.2) is 9.78 Å². The fourth-order valence-electron chi connectivity index (χ4n) is 4.08. The highest BCUT2D eigenvalue weighted by Gasteiger charge is 2.57. The average Bonchev–Trinajstić information content (AvgIpc) is 3.08. The number of hydrogen-bond acceptors (Lipinski definition) is 4. The van der Waals surface area contributed by atoms with E-state index in [9.17, 15) is 9.59 Å². The van der Waals surface area contributed by atoms with E-state index in [1.165, 1.54) is 4.90 Å². The second-order valence-electron chi connectivity index (χ2n) is 7.95. The molecular formula is C19H31N5O2. The van der Waals surface area contributed by atoms with Gasteiger partial charge < -0.3 is 9.88 Å². The number of rotatable bonds is 6. The van der Waals surface area contributed by atoms with Crippen molar-refractivity contribution >= 4 is 11.9 Å². The van der Waals surface area contributed by atoms with Gasteiger partial charge in [0.1, 0.15) is 5.54 Å². The minimum absolute atomic E-state index is 0.00403. The number of H-pyrrole nitrogens is 1. The summed E-state index contributed by atoms with van der Waals surface area (Å²) in [7, 11) is 0. The molecule has 3 amide bonds. The second kappa shape index (κ2) is 7.39. The van der Waals surface area contributed by atoms with Gasteiger partial charge in [-0.2, -0.15) is 0 Å². The van der Waals surface area contributed by atoms with E-state index in [1.807, 2.05) is 18.7 Å². The van der Waals surface area contributed by atoms with Gasteiger partial charge in [0.25, 0.3) is 5.91 Å². The zero-order valence-electron chi connectivity index (χ0n) is 16.4. The molecule has 3 heterocycles. The van der Waals surface area contributed by atoms with Crippen molar-refractivity contribution in [3.63, 3.8) is 0 Å². The molecule has 1 aromatic rings. The zero-order valence-corrected chi connectivity index (χ0v) is 16.4. The number of aromatic nitrogens is 2. The first-order chi connectivity index (χ1) is 12.4. The number of piperidine rings is 1. The molecule has 144 valence electrons. The topological polar surface area (TPSA) is 72.5 Å². The van der Waals surface area contributed by atoms with Crippen LogP contribution in [-0.4, -0.2) is 68.3 Å². The molecule has 2 aliphatic heterocycles. The van der Waals surface area contributed by atoms with E-state index >= 15 is 0 Å². The van der Waals surface area contributed by atoms with Crippen LogP contribution in [0.15, 0.2) is 6.33 Å². The largest absolute Gasteiger partial charge is 0.348 e. The molecule has 2 saturated heterocycles. The third kappa shape index (κ3) is 3.24. The van der Waals surface area contributed by atoms with E-state index < -0.39 is 5.54 Å². The summed E-state index contributed by atoms with van der Waals surface area (Å²) in [6.45, 7) is 11.7. The highest BCUT2D eigenvalue weighted by Crippen LogP contribution is 2.38. The van der Waals surface area contributed by atoms with Crippen LogP contribution in [0.1, 0.15) is 51.4 Å². The normalized spacial score (nSPS) is 20.8. The number of imide groups is 1. The summed E-state index contributed by atoms with van der Waals surface area (Å²) in [6.07, 6.45) is 4.06. The van der Waals surface area contributed by atoms with Crippen molar-refractivity contribution in [2.45, 2.75) is 59.0 Å². The minimum Gasteiger partial charge on any atom is -0.348 e. The molecule has 0 radical (unpaired) electrons. The summed E-state index contributed by atoms with van der Waals surface area (Å²) < 4.78 is 0. The van der Waals surface area contributed by atoms with Crippen molar-refractivity contribution in [1.29, 1.82) is 0 Å². The quantitative estimate of drug-likeness (QED) is 0.790. The molecular weight excluding hydrogens is 330 g/mol. The zero-order chi connectivity index (χ0) is 18.9. The van der Waals surface area contributed by atoms with Crippen LogP contribution < -0.4 is 0 Å². The van der Waals surface area contributed by atoms with E-state index in [4.69, 9.17) is 0 Å². The van der Waals surface area contributed by atoms with Gasteiger partial charge >= 0.3 is 6.03 Å². The van der Waals surface area contributed by atoms with Crippen LogP contribution in [0.4, 0.5) is 4.79 Å². The van der Waals surface area contributed by atoms with Crippen LogP contribution in [0.25, 0.3) is 0 Å². The van der Waals surface area contributed by atoms with E-state index in [1.54, 1.807) is 6.33 Å². The number of aryl methyl sites for hydroxylation is 1. The van der Waals surface area contributed by atoms with E-state index in [-0.39, 0.29) is 11.9 Å². The van der Waals surface area contributed by atoms with E-state index in [2.05, 4.69) is 28.7 Å². The predicted octanol–water partition coefficient (Wildman–Crippen LogP) is 2.38. The van der Waals surface area contributed by atoms with Crippen LogP contribution in [0.3, 0.4) is 0 Å². The lowest BCUT2D eigenvalue weighted by Gasteiger charge is -2.42. The predicted molar refractivity (Wildman–Crippen MR) is 99.5 cm³/mol. The van der Waals surface area contributed by atoms with Gasteiger partial charge in [0.2, 0.25) is 0 Å². The summed E-state index contributed by atoms with van der Waals surface area (Å²) in [5.74, 6) is 0.512. The van der Waals surface area contributed by atoms with E-state index in [0.717, 1.165) is 37.4 Å². The highest BCUT2D eigenvalue weighted by atomic mass is 16.2. The maximum absolute atomic E-state index is 13.1. The number of carbonyl (C=O) groups is 2. The smallest absolute Gasteiger partial charge is 0.327 e. The Morgan fingerprint density at radius 1 is 1.27 bits per heavy atom. The highest BCUT2D eigenvalue weighted by molar-refractivity contribution is 6.07. The molecule has 2 aliphatic rings. The van der Waals surface area contributed by atoms with Gasteiger partial charge in [-0.3, -0.25) is 14.6 Å². The first kappa shape index (κ1) is 18.9. The number of likely N-dealkylation sites (tertiary alicyclic amines) is 1. The van der Waals surface area contributed by atoms with Crippen molar-refractivity contribution in [3.8, 4) is 0 Å². The molecule has 1 spiro atoms. The van der Waals surface area contributed by atoms with Crippen LogP contribution in [-0.2, 0) is 11.3 Å². The average molecular weight is 361 g/mol. The Morgan fingerprint density at radius 3 is 2.50 bits per heavy atom. The number of nitrogens with zero attached hydrogens (tertiary/aromatic N) is 4. The first-order valence-corrected chi connectivity index (χ1v) is 9.74. The number of carbonyl (C=O) groups excluding carboxylic acids is 2. The summed E-state index contributed by atoms with van der Waals surface area (Å²) in [6, 6.07) is -0.102. The molecule has 26 heavy (non-hydrogen) atoms. The number of urea groups is 1. The summed E-state index contributed by atoms with van der Waals surface area (Å²) in [4.78, 5) is 39.0. The fourth-order valence-corrected chi connectivity index (χ4v) is 4.08. The molecule has 2 fully saturated rings. The third-order valence-electron chi connectivity index (χ3n) is 5.86. The minimum atomic E-state index is -0.640. The molecule has 0 saturated carbocycles. The molecule has 3 rings (SSSR count). The van der Waals surface area contributed by atoms with Crippen molar-refractivity contribution in [2.24, 2.45) is 5.92 Å². The maximum atomic E-state index is 13.1. The number of imidazole rings is 1. The molecule has 0 atom stereocenters. The molecule has 0 unspecified atom stereocenters. The molecule has 7 nitrogen and oxygen atoms in total. The number of likely N-dealkylation sites (N-methyl/N-ethyl adjacent to an activating group) is 1. The Hall–Kier alpha value is -1.89. The Bertz CT molecular complexity index is 661. The molecule has 0 bridgehead atoms. The number of hydrogen-bond donors (Lipinski definition) is 1. The summed E-state index contributed by atoms with van der Waals surface area (Å²) >= 11 is 0. The van der Waals surface area contributed by atoms with Gasteiger partial charge in [0, 0.05) is 38.4 Å². The van der Waals surface area contributed by atoms with Gasteiger partial charge in [-0.05, 0) is 39.0 Å². The Balaban J connectivity index is 1.73. The molecule has 7 heteroatoms. The second-order valence-corrected chi connectivity index (χ2v) is 7.95. The lowest BCUT2D eigenvalue weighted by molar-refractivity contribution is -0.135. The maximum Gasteiger partial charge on any atom is 0.327 e. The number of amides is 3. The van der Waals surface area contributed by atoms with E-state index in [0.29, 0.717) is 31.8 Å². The number of nitrogens with one attached hydrogen (secondary N) is 1. The SMILES string of the molecule is CCN1C(=O)N(CCC(C)C)C2(CCN(Cc3nc[nH]c3C)CC2)C1=O. The van der Waals surface area contributed by atoms with Crippen LogP contribution in [0.2, 0.25) is 0 Å². The summed E-state index contributed by atoms with van der Waals surface area (Å²) in [5.41, 5.74) is 1.51. The molecule has 0 aliphatic carbocycles. The lowest BCUT2D eigenvalue weighted by Crippen LogP contribution is -2.56.